The van der Waals surface area contributed by atoms with Gasteiger partial charge in [-0.15, -0.1) is 0 Å². The zero-order valence-corrected chi connectivity index (χ0v) is 24.7. The zero-order valence-electron chi connectivity index (χ0n) is 24.7. The van der Waals surface area contributed by atoms with Crippen molar-refractivity contribution in [2.75, 3.05) is 28.7 Å². The number of rotatable bonds is 9. The maximum atomic E-state index is 13.7. The molecule has 0 spiro atoms. The average molecular weight is 593 g/mol. The van der Waals surface area contributed by atoms with Crippen molar-refractivity contribution < 1.29 is 9.53 Å². The van der Waals surface area contributed by atoms with Crippen LogP contribution in [-0.4, -0.2) is 62.1 Å². The molecule has 2 amide bonds. The van der Waals surface area contributed by atoms with E-state index in [2.05, 4.69) is 37.1 Å². The molecule has 12 nitrogen and oxygen atoms in total. The van der Waals surface area contributed by atoms with Crippen molar-refractivity contribution in [3.05, 3.63) is 78.4 Å². The predicted molar refractivity (Wildman–Crippen MR) is 167 cm³/mol. The third kappa shape index (κ3) is 6.95. The van der Waals surface area contributed by atoms with E-state index in [0.717, 1.165) is 48.8 Å². The van der Waals surface area contributed by atoms with E-state index in [4.69, 9.17) is 9.72 Å². The Morgan fingerprint density at radius 2 is 1.84 bits per heavy atom. The SMILES string of the molecule is Cn1cc(-c2ccc(N(C(=O)NCc3ccccc3)C3CCC(Nc4ncc(C#N)c(NC5CCOC5)n4)CC3)nc2)cn1. The summed E-state index contributed by atoms with van der Waals surface area (Å²) in [6.45, 7) is 1.72. The molecule has 0 bridgehead atoms. The Hall–Kier alpha value is -5.02. The summed E-state index contributed by atoms with van der Waals surface area (Å²) in [5, 5.41) is 23.7. The van der Waals surface area contributed by atoms with Crippen LogP contribution in [0.25, 0.3) is 11.1 Å². The lowest BCUT2D eigenvalue weighted by Crippen LogP contribution is -2.49. The first-order chi connectivity index (χ1) is 21.6. The number of carbonyl (C=O) groups excluding carboxylic acids is 1. The number of hydrogen-bond acceptors (Lipinski definition) is 9. The highest BCUT2D eigenvalue weighted by molar-refractivity contribution is 5.91. The van der Waals surface area contributed by atoms with Crippen LogP contribution in [0.3, 0.4) is 0 Å². The molecular weight excluding hydrogens is 556 g/mol. The number of nitrogens with one attached hydrogen (secondary N) is 3. The Bertz CT molecular complexity index is 1590. The number of ether oxygens (including phenoxy) is 1. The van der Waals surface area contributed by atoms with Crippen molar-refractivity contribution in [1.82, 2.24) is 30.0 Å². The van der Waals surface area contributed by atoms with Gasteiger partial charge in [-0.25, -0.2) is 14.8 Å². The summed E-state index contributed by atoms with van der Waals surface area (Å²) in [4.78, 5) is 29.2. The minimum absolute atomic E-state index is 0.0259. The van der Waals surface area contributed by atoms with E-state index in [1.807, 2.05) is 55.7 Å². The molecule has 4 aromatic rings. The third-order valence-electron chi connectivity index (χ3n) is 8.11. The summed E-state index contributed by atoms with van der Waals surface area (Å²) in [7, 11) is 1.88. The van der Waals surface area contributed by atoms with Crippen LogP contribution >= 0.6 is 0 Å². The molecule has 1 aromatic carbocycles. The molecule has 1 saturated carbocycles. The normalized spacial score (nSPS) is 19.6. The van der Waals surface area contributed by atoms with Crippen LogP contribution in [0.5, 0.6) is 0 Å². The monoisotopic (exact) mass is 592 g/mol. The predicted octanol–water partition coefficient (Wildman–Crippen LogP) is 4.48. The van der Waals surface area contributed by atoms with Crippen molar-refractivity contribution in [2.24, 2.45) is 7.05 Å². The lowest BCUT2D eigenvalue weighted by atomic mass is 9.90. The highest BCUT2D eigenvalue weighted by Crippen LogP contribution is 2.30. The molecule has 4 heterocycles. The molecule has 3 N–H and O–H groups in total. The second-order valence-corrected chi connectivity index (χ2v) is 11.2. The van der Waals surface area contributed by atoms with Crippen LogP contribution in [0.2, 0.25) is 0 Å². The number of aromatic nitrogens is 5. The number of benzene rings is 1. The Morgan fingerprint density at radius 1 is 1.00 bits per heavy atom. The van der Waals surface area contributed by atoms with Gasteiger partial charge >= 0.3 is 6.03 Å². The number of carbonyl (C=O) groups is 1. The van der Waals surface area contributed by atoms with Crippen molar-refractivity contribution in [1.29, 1.82) is 5.26 Å². The van der Waals surface area contributed by atoms with Gasteiger partial charge in [-0.2, -0.15) is 15.3 Å². The van der Waals surface area contributed by atoms with Crippen molar-refractivity contribution >= 4 is 23.6 Å². The summed E-state index contributed by atoms with van der Waals surface area (Å²) < 4.78 is 7.21. The fraction of sp³-hybridized carbons (Fsp3) is 0.375. The van der Waals surface area contributed by atoms with E-state index >= 15 is 0 Å². The van der Waals surface area contributed by atoms with Gasteiger partial charge in [0.15, 0.2) is 0 Å². The van der Waals surface area contributed by atoms with Crippen LogP contribution in [0, 0.1) is 11.3 Å². The van der Waals surface area contributed by atoms with Crippen molar-refractivity contribution in [3.63, 3.8) is 0 Å². The molecule has 2 aliphatic rings. The van der Waals surface area contributed by atoms with Gasteiger partial charge in [0.05, 0.1) is 25.0 Å². The first-order valence-corrected chi connectivity index (χ1v) is 15.0. The smallest absolute Gasteiger partial charge is 0.323 e. The molecular formula is C32H36N10O2. The van der Waals surface area contributed by atoms with E-state index in [0.29, 0.717) is 42.9 Å². The second-order valence-electron chi connectivity index (χ2n) is 11.2. The van der Waals surface area contributed by atoms with Crippen molar-refractivity contribution in [3.8, 4) is 17.2 Å². The van der Waals surface area contributed by atoms with E-state index in [1.165, 1.54) is 0 Å². The maximum Gasteiger partial charge on any atom is 0.323 e. The summed E-state index contributed by atoms with van der Waals surface area (Å²) >= 11 is 0. The van der Waals surface area contributed by atoms with E-state index < -0.39 is 0 Å². The molecule has 226 valence electrons. The summed E-state index contributed by atoms with van der Waals surface area (Å²) in [6, 6.07) is 16.0. The topological polar surface area (TPSA) is 146 Å². The van der Waals surface area contributed by atoms with Crippen LogP contribution in [0.15, 0.2) is 67.3 Å². The molecule has 2 fully saturated rings. The van der Waals surface area contributed by atoms with Gasteiger partial charge in [0.2, 0.25) is 5.95 Å². The van der Waals surface area contributed by atoms with Gasteiger partial charge in [-0.05, 0) is 49.8 Å². The van der Waals surface area contributed by atoms with Crippen LogP contribution in [-0.2, 0) is 18.3 Å². The van der Waals surface area contributed by atoms with Crippen LogP contribution in [0.1, 0.15) is 43.2 Å². The number of amides is 2. The molecule has 1 aliphatic carbocycles. The van der Waals surface area contributed by atoms with E-state index in [1.54, 1.807) is 28.2 Å². The molecule has 12 heteroatoms. The van der Waals surface area contributed by atoms with Gasteiger partial charge in [0.25, 0.3) is 0 Å². The third-order valence-corrected chi connectivity index (χ3v) is 8.11. The summed E-state index contributed by atoms with van der Waals surface area (Å²) in [6.07, 6.45) is 11.2. The molecule has 44 heavy (non-hydrogen) atoms. The summed E-state index contributed by atoms with van der Waals surface area (Å²) in [5.41, 5.74) is 3.35. The first-order valence-electron chi connectivity index (χ1n) is 15.0. The number of hydrogen-bond donors (Lipinski definition) is 3. The number of pyridine rings is 1. The molecule has 1 unspecified atom stereocenters. The number of aryl methyl sites for hydroxylation is 1. The Morgan fingerprint density at radius 3 is 2.52 bits per heavy atom. The largest absolute Gasteiger partial charge is 0.379 e. The molecule has 1 atom stereocenters. The van der Waals surface area contributed by atoms with Gasteiger partial charge in [-0.1, -0.05) is 30.3 Å². The van der Waals surface area contributed by atoms with Crippen molar-refractivity contribution in [2.45, 2.75) is 56.8 Å². The van der Waals surface area contributed by atoms with E-state index in [9.17, 15) is 10.1 Å². The van der Waals surface area contributed by atoms with Crippen LogP contribution in [0.4, 0.5) is 22.4 Å². The van der Waals surface area contributed by atoms with Crippen LogP contribution < -0.4 is 20.9 Å². The lowest BCUT2D eigenvalue weighted by Gasteiger charge is -2.36. The number of nitrogens with zero attached hydrogens (tertiary/aromatic N) is 7. The Balaban J connectivity index is 1.14. The quantitative estimate of drug-likeness (QED) is 0.256. The second kappa shape index (κ2) is 13.5. The fourth-order valence-corrected chi connectivity index (χ4v) is 5.73. The van der Waals surface area contributed by atoms with Gasteiger partial charge in [0, 0.05) is 55.8 Å². The van der Waals surface area contributed by atoms with Gasteiger partial charge in [-0.3, -0.25) is 9.58 Å². The minimum atomic E-state index is -0.172. The standard InChI is InChI=1S/C32H36N10O2/c1-41-20-25(19-37-41)23-7-12-29(34-17-23)42(32(43)36-16-22-5-3-2-4-6-22)28-10-8-26(9-11-28)39-31-35-18-24(15-33)30(40-31)38-27-13-14-44-21-27/h2-7,12,17-20,26-28H,8-11,13-14,16,21H2,1H3,(H,36,43)(H2,35,38,39,40). The lowest BCUT2D eigenvalue weighted by molar-refractivity contribution is 0.195. The molecule has 1 saturated heterocycles. The maximum absolute atomic E-state index is 13.7. The number of nitriles is 1. The highest BCUT2D eigenvalue weighted by atomic mass is 16.5. The average Bonchev–Trinajstić information content (AvgIpc) is 3.74. The number of anilines is 3. The van der Waals surface area contributed by atoms with Gasteiger partial charge in [0.1, 0.15) is 23.3 Å². The Kier molecular flexibility index (Phi) is 8.93. The molecule has 0 radical (unpaired) electrons. The summed E-state index contributed by atoms with van der Waals surface area (Å²) in [5.74, 6) is 1.62. The molecule has 3 aromatic heterocycles. The van der Waals surface area contributed by atoms with Gasteiger partial charge < -0.3 is 20.7 Å². The molecule has 6 rings (SSSR count). The minimum Gasteiger partial charge on any atom is -0.379 e. The highest BCUT2D eigenvalue weighted by Gasteiger charge is 2.31. The Labute approximate surface area is 256 Å². The van der Waals surface area contributed by atoms with E-state index in [-0.39, 0.29) is 24.2 Å². The zero-order chi connectivity index (χ0) is 30.3. The number of urea groups is 1. The fourth-order valence-electron chi connectivity index (χ4n) is 5.73. The molecule has 1 aliphatic heterocycles. The first kappa shape index (κ1) is 29.1.